The van der Waals surface area contributed by atoms with Crippen LogP contribution in [0.2, 0.25) is 0 Å². The molecule has 0 fully saturated rings. The molecule has 0 aliphatic carbocycles. The molecule has 0 saturated carbocycles. The molecule has 1 heterocycles. The van der Waals surface area contributed by atoms with Crippen molar-refractivity contribution in [2.45, 2.75) is 37.9 Å². The molecule has 2 aromatic carbocycles. The van der Waals surface area contributed by atoms with Crippen LogP contribution in [-0.2, 0) is 29.7 Å². The number of benzene rings is 2. The number of hydrogen-bond donors (Lipinski definition) is 0. The maximum Gasteiger partial charge on any atom is 0.242 e. The maximum absolute atomic E-state index is 12.5. The molecule has 0 bridgehead atoms. The van der Waals surface area contributed by atoms with Crippen LogP contribution in [0.3, 0.4) is 0 Å². The minimum atomic E-state index is -3.49. The van der Waals surface area contributed by atoms with Crippen molar-refractivity contribution in [3.8, 4) is 5.75 Å². The molecule has 162 valence electrons. The second-order valence-electron chi connectivity index (χ2n) is 7.64. The smallest absolute Gasteiger partial charge is 0.242 e. The highest BCUT2D eigenvalue weighted by molar-refractivity contribution is 7.89. The van der Waals surface area contributed by atoms with Gasteiger partial charge in [-0.05, 0) is 49.4 Å². The highest BCUT2D eigenvalue weighted by Gasteiger charge is 2.20. The topological polar surface area (TPSA) is 67.7 Å². The van der Waals surface area contributed by atoms with Gasteiger partial charge in [0.25, 0.3) is 0 Å². The summed E-state index contributed by atoms with van der Waals surface area (Å²) in [7, 11) is 3.30. The highest BCUT2D eigenvalue weighted by atomic mass is 32.2. The summed E-state index contributed by atoms with van der Waals surface area (Å²) in [4.78, 5) is 7.26. The third kappa shape index (κ3) is 4.66. The zero-order chi connectivity index (χ0) is 21.9. The van der Waals surface area contributed by atoms with Crippen LogP contribution in [0.5, 0.6) is 5.75 Å². The van der Waals surface area contributed by atoms with Crippen LogP contribution in [0.15, 0.2) is 47.4 Å². The molecule has 0 unspecified atom stereocenters. The number of aromatic nitrogens is 2. The largest absolute Gasteiger partial charge is 0.497 e. The van der Waals surface area contributed by atoms with Gasteiger partial charge >= 0.3 is 0 Å². The summed E-state index contributed by atoms with van der Waals surface area (Å²) in [5.74, 6) is 1.77. The zero-order valence-corrected chi connectivity index (χ0v) is 19.1. The van der Waals surface area contributed by atoms with E-state index in [1.807, 2.05) is 18.2 Å². The molecular weight excluding hydrogens is 400 g/mol. The molecule has 0 spiro atoms. The quantitative estimate of drug-likeness (QED) is 0.521. The van der Waals surface area contributed by atoms with E-state index in [1.165, 1.54) is 24.0 Å². The molecule has 30 heavy (non-hydrogen) atoms. The third-order valence-electron chi connectivity index (χ3n) is 5.05. The first-order valence-electron chi connectivity index (χ1n) is 9.99. The van der Waals surface area contributed by atoms with Crippen LogP contribution in [0.1, 0.15) is 24.7 Å². The van der Waals surface area contributed by atoms with Gasteiger partial charge in [-0.3, -0.25) is 4.90 Å². The van der Waals surface area contributed by atoms with E-state index in [9.17, 15) is 8.42 Å². The van der Waals surface area contributed by atoms with Gasteiger partial charge in [0.15, 0.2) is 0 Å². The van der Waals surface area contributed by atoms with E-state index in [0.717, 1.165) is 36.6 Å². The Kier molecular flexibility index (Phi) is 6.80. The standard InChI is InChI=1S/C22H30N4O3S/c1-6-13-26-21-12-11-19(30(27,28)24(2)3)14-20(21)23-22(26)16-25(4)15-17-7-9-18(29-5)10-8-17/h7-12,14H,6,13,15-16H2,1-5H3. The molecule has 1 aromatic heterocycles. The fraction of sp³-hybridized carbons (Fsp3) is 0.409. The minimum absolute atomic E-state index is 0.263. The molecular formula is C22H30N4O3S. The number of rotatable bonds is 9. The van der Waals surface area contributed by atoms with Crippen LogP contribution in [-0.4, -0.2) is 55.4 Å². The van der Waals surface area contributed by atoms with Crippen molar-refractivity contribution in [1.29, 1.82) is 0 Å². The molecule has 7 nitrogen and oxygen atoms in total. The first-order valence-corrected chi connectivity index (χ1v) is 11.4. The Labute approximate surface area is 178 Å². The van der Waals surface area contributed by atoms with E-state index in [-0.39, 0.29) is 4.90 Å². The van der Waals surface area contributed by atoms with Crippen molar-refractivity contribution >= 4 is 21.1 Å². The average Bonchev–Trinajstić information content (AvgIpc) is 3.05. The summed E-state index contributed by atoms with van der Waals surface area (Å²) < 4.78 is 33.6. The van der Waals surface area contributed by atoms with Gasteiger partial charge in [0.1, 0.15) is 11.6 Å². The van der Waals surface area contributed by atoms with Gasteiger partial charge in [0.2, 0.25) is 10.0 Å². The number of imidazole rings is 1. The number of aryl methyl sites for hydroxylation is 1. The van der Waals surface area contributed by atoms with Crippen molar-refractivity contribution in [2.75, 3.05) is 28.3 Å². The van der Waals surface area contributed by atoms with Crippen molar-refractivity contribution < 1.29 is 13.2 Å². The van der Waals surface area contributed by atoms with E-state index in [0.29, 0.717) is 12.1 Å². The zero-order valence-electron chi connectivity index (χ0n) is 18.3. The van der Waals surface area contributed by atoms with Gasteiger partial charge in [0, 0.05) is 27.2 Å². The molecule has 3 rings (SSSR count). The van der Waals surface area contributed by atoms with Crippen molar-refractivity contribution in [3.05, 3.63) is 53.9 Å². The number of methoxy groups -OCH3 is 1. The predicted octanol–water partition coefficient (Wildman–Crippen LogP) is 3.34. The lowest BCUT2D eigenvalue weighted by atomic mass is 10.2. The van der Waals surface area contributed by atoms with Crippen LogP contribution in [0.25, 0.3) is 11.0 Å². The minimum Gasteiger partial charge on any atom is -0.497 e. The average molecular weight is 431 g/mol. The molecule has 0 aliphatic heterocycles. The lowest BCUT2D eigenvalue weighted by molar-refractivity contribution is 0.305. The number of sulfonamides is 1. The van der Waals surface area contributed by atoms with Crippen molar-refractivity contribution in [2.24, 2.45) is 0 Å². The Morgan fingerprint density at radius 3 is 2.33 bits per heavy atom. The molecule has 8 heteroatoms. The van der Waals surface area contributed by atoms with Crippen LogP contribution >= 0.6 is 0 Å². The van der Waals surface area contributed by atoms with Gasteiger partial charge in [0.05, 0.1) is 29.6 Å². The van der Waals surface area contributed by atoms with E-state index in [2.05, 4.69) is 35.6 Å². The fourth-order valence-electron chi connectivity index (χ4n) is 3.46. The fourth-order valence-corrected chi connectivity index (χ4v) is 4.39. The van der Waals surface area contributed by atoms with Gasteiger partial charge in [-0.1, -0.05) is 19.1 Å². The molecule has 0 atom stereocenters. The van der Waals surface area contributed by atoms with Crippen molar-refractivity contribution in [3.63, 3.8) is 0 Å². The number of ether oxygens (including phenoxy) is 1. The van der Waals surface area contributed by atoms with Crippen molar-refractivity contribution in [1.82, 2.24) is 18.8 Å². The highest BCUT2D eigenvalue weighted by Crippen LogP contribution is 2.23. The van der Waals surface area contributed by atoms with E-state index in [4.69, 9.17) is 9.72 Å². The Bertz CT molecular complexity index is 1110. The lowest BCUT2D eigenvalue weighted by Crippen LogP contribution is -2.22. The first kappa shape index (κ1) is 22.3. The van der Waals surface area contributed by atoms with Gasteiger partial charge in [-0.25, -0.2) is 17.7 Å². The molecule has 0 N–H and O–H groups in total. The van der Waals surface area contributed by atoms with Gasteiger partial charge in [-0.2, -0.15) is 0 Å². The van der Waals surface area contributed by atoms with Crippen LogP contribution in [0, 0.1) is 0 Å². The summed E-state index contributed by atoms with van der Waals surface area (Å²) in [6.07, 6.45) is 0.971. The molecule has 3 aromatic rings. The first-order chi connectivity index (χ1) is 14.3. The summed E-state index contributed by atoms with van der Waals surface area (Å²) in [5, 5.41) is 0. The number of nitrogens with zero attached hydrogens (tertiary/aromatic N) is 4. The summed E-state index contributed by atoms with van der Waals surface area (Å²) >= 11 is 0. The van der Waals surface area contributed by atoms with E-state index < -0.39 is 10.0 Å². The normalized spacial score (nSPS) is 12.2. The molecule has 0 amide bonds. The van der Waals surface area contributed by atoms with Crippen LogP contribution < -0.4 is 4.74 Å². The summed E-state index contributed by atoms with van der Waals surface area (Å²) in [6, 6.07) is 13.2. The Morgan fingerprint density at radius 1 is 1.03 bits per heavy atom. The summed E-state index contributed by atoms with van der Waals surface area (Å²) in [5.41, 5.74) is 2.86. The van der Waals surface area contributed by atoms with Gasteiger partial charge < -0.3 is 9.30 Å². The Hall–Kier alpha value is -2.42. The van der Waals surface area contributed by atoms with E-state index in [1.54, 1.807) is 19.2 Å². The molecule has 0 radical (unpaired) electrons. The van der Waals surface area contributed by atoms with Gasteiger partial charge in [-0.15, -0.1) is 0 Å². The second-order valence-corrected chi connectivity index (χ2v) is 9.79. The maximum atomic E-state index is 12.5. The Morgan fingerprint density at radius 2 is 1.73 bits per heavy atom. The number of fused-ring (bicyclic) bond motifs is 1. The predicted molar refractivity (Wildman–Crippen MR) is 119 cm³/mol. The molecule has 0 aliphatic rings. The van der Waals surface area contributed by atoms with Crippen LogP contribution in [0.4, 0.5) is 0 Å². The second kappa shape index (κ2) is 9.16. The lowest BCUT2D eigenvalue weighted by Gasteiger charge is -2.17. The molecule has 0 saturated heterocycles. The number of hydrogen-bond acceptors (Lipinski definition) is 5. The third-order valence-corrected chi connectivity index (χ3v) is 6.86. The Balaban J connectivity index is 1.88. The monoisotopic (exact) mass is 430 g/mol. The van der Waals surface area contributed by atoms with E-state index >= 15 is 0 Å². The summed E-state index contributed by atoms with van der Waals surface area (Å²) in [6.45, 7) is 4.40. The SMILES string of the molecule is CCCn1c(CN(C)Cc2ccc(OC)cc2)nc2cc(S(=O)(=O)N(C)C)ccc21.